The van der Waals surface area contributed by atoms with Crippen LogP contribution < -0.4 is 5.32 Å². The summed E-state index contributed by atoms with van der Waals surface area (Å²) in [6.45, 7) is 5.39. The van der Waals surface area contributed by atoms with Gasteiger partial charge in [-0.05, 0) is 25.2 Å². The lowest BCUT2D eigenvalue weighted by molar-refractivity contribution is -0.139. The maximum absolute atomic E-state index is 12.1. The van der Waals surface area contributed by atoms with Crippen molar-refractivity contribution in [2.75, 3.05) is 13.1 Å². The fraction of sp³-hybridized carbons (Fsp3) is 0.857. The van der Waals surface area contributed by atoms with Gasteiger partial charge in [-0.2, -0.15) is 0 Å². The van der Waals surface area contributed by atoms with E-state index in [1.54, 1.807) is 4.90 Å². The van der Waals surface area contributed by atoms with Crippen LogP contribution in [0.3, 0.4) is 0 Å². The molecule has 1 aliphatic heterocycles. The molecule has 0 saturated carbocycles. The minimum Gasteiger partial charge on any atom is -0.480 e. The predicted octanol–water partition coefficient (Wildman–Crippen LogP) is 2.46. The van der Waals surface area contributed by atoms with Gasteiger partial charge in [-0.25, -0.2) is 9.59 Å². The zero-order chi connectivity index (χ0) is 14.3. The molecule has 5 nitrogen and oxygen atoms in total. The second kappa shape index (κ2) is 8.02. The summed E-state index contributed by atoms with van der Waals surface area (Å²) < 4.78 is 0. The van der Waals surface area contributed by atoms with E-state index in [1.165, 1.54) is 6.42 Å². The largest absolute Gasteiger partial charge is 0.480 e. The van der Waals surface area contributed by atoms with E-state index in [-0.39, 0.29) is 11.9 Å². The van der Waals surface area contributed by atoms with E-state index in [1.807, 2.05) is 13.8 Å². The summed E-state index contributed by atoms with van der Waals surface area (Å²) in [5.41, 5.74) is 0. The molecule has 1 aliphatic rings. The molecule has 0 aromatic rings. The van der Waals surface area contributed by atoms with Gasteiger partial charge in [0.2, 0.25) is 0 Å². The third-order valence-electron chi connectivity index (χ3n) is 3.45. The molecule has 5 heteroatoms. The number of carboxylic acids is 1. The van der Waals surface area contributed by atoms with E-state index >= 15 is 0 Å². The Balaban J connectivity index is 2.51. The van der Waals surface area contributed by atoms with Crippen LogP contribution in [-0.4, -0.2) is 41.1 Å². The van der Waals surface area contributed by atoms with Crippen molar-refractivity contribution >= 4 is 12.0 Å². The maximum Gasteiger partial charge on any atom is 0.326 e. The van der Waals surface area contributed by atoms with E-state index in [4.69, 9.17) is 5.11 Å². The lowest BCUT2D eigenvalue weighted by Crippen LogP contribution is -2.49. The van der Waals surface area contributed by atoms with Crippen molar-refractivity contribution in [3.8, 4) is 0 Å². The number of amides is 2. The van der Waals surface area contributed by atoms with Crippen LogP contribution in [0.25, 0.3) is 0 Å². The van der Waals surface area contributed by atoms with Crippen LogP contribution in [-0.2, 0) is 4.79 Å². The lowest BCUT2D eigenvalue weighted by atomic mass is 10.0. The topological polar surface area (TPSA) is 69.6 Å². The summed E-state index contributed by atoms with van der Waals surface area (Å²) in [4.78, 5) is 25.0. The fourth-order valence-electron chi connectivity index (χ4n) is 2.38. The summed E-state index contributed by atoms with van der Waals surface area (Å²) in [5.74, 6) is -0.706. The Bertz CT molecular complexity index is 297. The number of carboxylic acid groups (broad SMARTS) is 1. The van der Waals surface area contributed by atoms with E-state index in [9.17, 15) is 9.59 Å². The number of rotatable bonds is 4. The third-order valence-corrected chi connectivity index (χ3v) is 3.45. The van der Waals surface area contributed by atoms with Gasteiger partial charge in [-0.1, -0.05) is 33.1 Å². The molecule has 1 saturated heterocycles. The van der Waals surface area contributed by atoms with E-state index < -0.39 is 12.0 Å². The number of urea groups is 1. The maximum atomic E-state index is 12.1. The van der Waals surface area contributed by atoms with Gasteiger partial charge in [0, 0.05) is 13.1 Å². The molecule has 0 aliphatic carbocycles. The van der Waals surface area contributed by atoms with Crippen molar-refractivity contribution in [1.29, 1.82) is 0 Å². The van der Waals surface area contributed by atoms with Crippen molar-refractivity contribution in [2.45, 2.75) is 58.4 Å². The minimum atomic E-state index is -0.950. The summed E-state index contributed by atoms with van der Waals surface area (Å²) in [7, 11) is 0. The van der Waals surface area contributed by atoms with Gasteiger partial charge in [0.05, 0.1) is 0 Å². The van der Waals surface area contributed by atoms with Crippen LogP contribution in [0.15, 0.2) is 0 Å². The summed E-state index contributed by atoms with van der Waals surface area (Å²) in [5, 5.41) is 11.8. The van der Waals surface area contributed by atoms with Crippen LogP contribution in [0.5, 0.6) is 0 Å². The highest BCUT2D eigenvalue weighted by Gasteiger charge is 2.24. The number of hydrogen-bond acceptors (Lipinski definition) is 2. The van der Waals surface area contributed by atoms with Gasteiger partial charge < -0.3 is 15.3 Å². The van der Waals surface area contributed by atoms with Crippen LogP contribution in [0.4, 0.5) is 4.79 Å². The number of hydrogen-bond donors (Lipinski definition) is 2. The molecule has 1 fully saturated rings. The highest BCUT2D eigenvalue weighted by atomic mass is 16.4. The second-order valence-corrected chi connectivity index (χ2v) is 5.72. The van der Waals surface area contributed by atoms with Crippen LogP contribution in [0, 0.1) is 5.92 Å². The van der Waals surface area contributed by atoms with Crippen molar-refractivity contribution < 1.29 is 14.7 Å². The Hall–Kier alpha value is -1.26. The Kier molecular flexibility index (Phi) is 6.67. The molecule has 110 valence electrons. The standard InChI is InChI=1S/C14H26N2O3/c1-11(2)10-12(13(17)18)15-14(19)16-8-6-4-3-5-7-9-16/h11-12H,3-10H2,1-2H3,(H,15,19)(H,17,18)/t12-/m1/s1. The van der Waals surface area contributed by atoms with E-state index in [2.05, 4.69) is 5.32 Å². The first-order valence-electron chi connectivity index (χ1n) is 7.29. The number of aliphatic carboxylic acids is 1. The van der Waals surface area contributed by atoms with Gasteiger partial charge in [0.1, 0.15) is 6.04 Å². The van der Waals surface area contributed by atoms with Gasteiger partial charge in [0.15, 0.2) is 0 Å². The second-order valence-electron chi connectivity index (χ2n) is 5.72. The average molecular weight is 270 g/mol. The Morgan fingerprint density at radius 2 is 1.63 bits per heavy atom. The van der Waals surface area contributed by atoms with Crippen molar-refractivity contribution in [1.82, 2.24) is 10.2 Å². The average Bonchev–Trinajstić information content (AvgIpc) is 2.26. The molecule has 0 aromatic heterocycles. The highest BCUT2D eigenvalue weighted by Crippen LogP contribution is 2.11. The van der Waals surface area contributed by atoms with Gasteiger partial charge >= 0.3 is 12.0 Å². The monoisotopic (exact) mass is 270 g/mol. The van der Waals surface area contributed by atoms with Crippen LogP contribution in [0.1, 0.15) is 52.4 Å². The molecule has 0 aromatic carbocycles. The number of nitrogens with zero attached hydrogens (tertiary/aromatic N) is 1. The first-order chi connectivity index (χ1) is 9.00. The fourth-order valence-corrected chi connectivity index (χ4v) is 2.38. The Morgan fingerprint density at radius 1 is 1.11 bits per heavy atom. The summed E-state index contributed by atoms with van der Waals surface area (Å²) in [6, 6.07) is -1.01. The molecular formula is C14H26N2O3. The Morgan fingerprint density at radius 3 is 2.11 bits per heavy atom. The molecular weight excluding hydrogens is 244 g/mol. The van der Waals surface area contributed by atoms with E-state index in [0.29, 0.717) is 6.42 Å². The lowest BCUT2D eigenvalue weighted by Gasteiger charge is -2.27. The zero-order valence-electron chi connectivity index (χ0n) is 12.0. The molecule has 0 bridgehead atoms. The van der Waals surface area contributed by atoms with Crippen LogP contribution in [0.2, 0.25) is 0 Å². The minimum absolute atomic E-state index is 0.227. The first kappa shape index (κ1) is 15.8. The molecule has 19 heavy (non-hydrogen) atoms. The normalized spacial score (nSPS) is 18.6. The van der Waals surface area contributed by atoms with Gasteiger partial charge in [-0.15, -0.1) is 0 Å². The SMILES string of the molecule is CC(C)C[C@@H](NC(=O)N1CCCCCCC1)C(=O)O. The van der Waals surface area contributed by atoms with Gasteiger partial charge in [0.25, 0.3) is 0 Å². The third kappa shape index (κ3) is 5.94. The molecule has 1 atom stereocenters. The number of carbonyl (C=O) groups is 2. The molecule has 1 heterocycles. The van der Waals surface area contributed by atoms with Crippen molar-refractivity contribution in [3.63, 3.8) is 0 Å². The number of carbonyl (C=O) groups excluding carboxylic acids is 1. The molecule has 1 rings (SSSR count). The Labute approximate surface area is 115 Å². The van der Waals surface area contributed by atoms with Crippen molar-refractivity contribution in [2.24, 2.45) is 5.92 Å². The van der Waals surface area contributed by atoms with Crippen molar-refractivity contribution in [3.05, 3.63) is 0 Å². The quantitative estimate of drug-likeness (QED) is 0.824. The molecule has 0 radical (unpaired) electrons. The van der Waals surface area contributed by atoms with Gasteiger partial charge in [-0.3, -0.25) is 0 Å². The summed E-state index contributed by atoms with van der Waals surface area (Å²) >= 11 is 0. The predicted molar refractivity (Wildman–Crippen MR) is 74.1 cm³/mol. The first-order valence-corrected chi connectivity index (χ1v) is 7.29. The molecule has 0 spiro atoms. The molecule has 0 unspecified atom stereocenters. The zero-order valence-corrected chi connectivity index (χ0v) is 12.0. The summed E-state index contributed by atoms with van der Waals surface area (Å²) in [6.07, 6.45) is 6.02. The van der Waals surface area contributed by atoms with E-state index in [0.717, 1.165) is 38.8 Å². The van der Waals surface area contributed by atoms with Crippen LogP contribution >= 0.6 is 0 Å². The molecule has 2 amide bonds. The smallest absolute Gasteiger partial charge is 0.326 e. The number of likely N-dealkylation sites (tertiary alicyclic amines) is 1. The molecule has 2 N–H and O–H groups in total. The highest BCUT2D eigenvalue weighted by molar-refractivity contribution is 5.82. The number of nitrogens with one attached hydrogen (secondary N) is 1.